The molecule has 0 bridgehead atoms. The summed E-state index contributed by atoms with van der Waals surface area (Å²) in [5.41, 5.74) is 2.86. The van der Waals surface area contributed by atoms with Gasteiger partial charge in [0.25, 0.3) is 0 Å². The van der Waals surface area contributed by atoms with Gasteiger partial charge < -0.3 is 4.90 Å². The highest BCUT2D eigenvalue weighted by atomic mass is 32.2. The fraction of sp³-hybridized carbons (Fsp3) is 0.320. The Morgan fingerprint density at radius 1 is 1.15 bits per heavy atom. The molecule has 1 aliphatic heterocycles. The van der Waals surface area contributed by atoms with Crippen molar-refractivity contribution in [3.05, 3.63) is 81.5 Å². The number of benzene rings is 2. The molecule has 1 aromatic heterocycles. The van der Waals surface area contributed by atoms with Gasteiger partial charge in [-0.15, -0.1) is 11.3 Å². The topological polar surface area (TPSA) is 83.7 Å². The molecule has 174 valence electrons. The monoisotopic (exact) mass is 483 g/mol. The molecule has 3 aromatic rings. The Hall–Kier alpha value is -2.52. The second-order valence-corrected chi connectivity index (χ2v) is 11.5. The summed E-state index contributed by atoms with van der Waals surface area (Å²) in [4.78, 5) is 20.0. The molecule has 33 heavy (non-hydrogen) atoms. The number of hydrogen-bond donors (Lipinski definition) is 1. The number of amides is 1. The lowest BCUT2D eigenvalue weighted by atomic mass is 10.1. The van der Waals surface area contributed by atoms with Crippen molar-refractivity contribution in [2.45, 2.75) is 44.2 Å². The van der Waals surface area contributed by atoms with Gasteiger partial charge in [0.1, 0.15) is 0 Å². The van der Waals surface area contributed by atoms with E-state index in [0.29, 0.717) is 13.0 Å². The van der Waals surface area contributed by atoms with Crippen molar-refractivity contribution in [1.29, 1.82) is 0 Å². The third-order valence-corrected chi connectivity index (χ3v) is 7.85. The number of fused-ring (bicyclic) bond motifs is 1. The number of nitrogens with two attached hydrogens (primary N) is 1. The van der Waals surface area contributed by atoms with Gasteiger partial charge in [-0.25, -0.2) is 13.6 Å². The maximum Gasteiger partial charge on any atom is 0.241 e. The number of sulfonamides is 1. The molecule has 4 rings (SSSR count). The van der Waals surface area contributed by atoms with Gasteiger partial charge in [0.15, 0.2) is 0 Å². The summed E-state index contributed by atoms with van der Waals surface area (Å²) < 4.78 is 23.5. The Bertz CT molecular complexity index is 1240. The molecule has 1 atom stereocenters. The normalized spacial score (nSPS) is 15.8. The fourth-order valence-corrected chi connectivity index (χ4v) is 5.87. The number of aryl methyl sites for hydroxylation is 1. The van der Waals surface area contributed by atoms with Gasteiger partial charge in [0.05, 0.1) is 11.4 Å². The number of rotatable bonds is 8. The summed E-state index contributed by atoms with van der Waals surface area (Å²) in [5, 5.41) is 5.29. The Morgan fingerprint density at radius 3 is 2.58 bits per heavy atom. The molecule has 0 aliphatic carbocycles. The molecule has 2 N–H and O–H groups in total. The molecular weight excluding hydrogens is 454 g/mol. The predicted octanol–water partition coefficient (Wildman–Crippen LogP) is 3.73. The lowest BCUT2D eigenvalue weighted by molar-refractivity contribution is -0.120. The Kier molecular flexibility index (Phi) is 6.99. The molecule has 0 saturated heterocycles. The first-order valence-corrected chi connectivity index (χ1v) is 13.4. The Balaban J connectivity index is 1.52. The van der Waals surface area contributed by atoms with Crippen LogP contribution in [0.15, 0.2) is 65.6 Å². The van der Waals surface area contributed by atoms with Crippen LogP contribution in [0.25, 0.3) is 0 Å². The summed E-state index contributed by atoms with van der Waals surface area (Å²) in [6.07, 6.45) is 1.47. The van der Waals surface area contributed by atoms with E-state index < -0.39 is 10.0 Å². The van der Waals surface area contributed by atoms with Crippen LogP contribution in [0.4, 0.5) is 5.69 Å². The molecule has 2 aromatic carbocycles. The highest BCUT2D eigenvalue weighted by Gasteiger charge is 2.32. The third kappa shape index (κ3) is 5.70. The largest absolute Gasteiger partial charge is 0.308 e. The molecule has 2 heterocycles. The van der Waals surface area contributed by atoms with Gasteiger partial charge in [-0.1, -0.05) is 30.3 Å². The highest BCUT2D eigenvalue weighted by molar-refractivity contribution is 7.89. The lowest BCUT2D eigenvalue weighted by Crippen LogP contribution is -2.43. The van der Waals surface area contributed by atoms with Gasteiger partial charge in [-0.2, -0.15) is 0 Å². The van der Waals surface area contributed by atoms with Gasteiger partial charge in [0.2, 0.25) is 15.9 Å². The maximum absolute atomic E-state index is 13.5. The van der Waals surface area contributed by atoms with Crippen LogP contribution in [0.5, 0.6) is 0 Å². The first-order valence-electron chi connectivity index (χ1n) is 11.0. The van der Waals surface area contributed by atoms with Crippen molar-refractivity contribution in [2.24, 2.45) is 5.14 Å². The molecule has 0 spiro atoms. The molecule has 0 saturated carbocycles. The number of carbonyl (C=O) groups excluding carboxylic acids is 1. The average molecular weight is 484 g/mol. The summed E-state index contributed by atoms with van der Waals surface area (Å²) >= 11 is 1.75. The minimum absolute atomic E-state index is 0.0194. The Morgan fingerprint density at radius 2 is 1.91 bits per heavy atom. The SMILES string of the molecule is Cc1ccc(CN(CCc2ccccc2)CC(=O)N2c3ccc(S(N)(=O)=O)cc3CC2C)s1. The minimum Gasteiger partial charge on any atom is -0.308 e. The van der Waals surface area contributed by atoms with Gasteiger partial charge in [-0.3, -0.25) is 9.69 Å². The van der Waals surface area contributed by atoms with Crippen LogP contribution in [0.2, 0.25) is 0 Å². The number of thiophene rings is 1. The number of hydrogen-bond acceptors (Lipinski definition) is 5. The van der Waals surface area contributed by atoms with Crippen LogP contribution in [0, 0.1) is 6.92 Å². The minimum atomic E-state index is -3.78. The first-order chi connectivity index (χ1) is 15.7. The highest BCUT2D eigenvalue weighted by Crippen LogP contribution is 2.34. The van der Waals surface area contributed by atoms with E-state index in [9.17, 15) is 13.2 Å². The van der Waals surface area contributed by atoms with Crippen molar-refractivity contribution >= 4 is 33.0 Å². The van der Waals surface area contributed by atoms with Crippen LogP contribution in [0.1, 0.15) is 27.8 Å². The molecule has 6 nitrogen and oxygen atoms in total. The van der Waals surface area contributed by atoms with Crippen LogP contribution in [0.3, 0.4) is 0 Å². The van der Waals surface area contributed by atoms with E-state index in [0.717, 1.165) is 30.8 Å². The van der Waals surface area contributed by atoms with Crippen molar-refractivity contribution in [3.63, 3.8) is 0 Å². The van der Waals surface area contributed by atoms with E-state index in [-0.39, 0.29) is 16.8 Å². The quantitative estimate of drug-likeness (QED) is 0.529. The summed E-state index contributed by atoms with van der Waals surface area (Å²) in [7, 11) is -3.78. The molecule has 0 radical (unpaired) electrons. The number of nitrogens with zero attached hydrogens (tertiary/aromatic N) is 2. The lowest BCUT2D eigenvalue weighted by Gasteiger charge is -2.27. The molecule has 1 amide bonds. The van der Waals surface area contributed by atoms with Crippen LogP contribution in [-0.2, 0) is 34.2 Å². The van der Waals surface area contributed by atoms with Gasteiger partial charge in [0, 0.05) is 34.6 Å². The zero-order chi connectivity index (χ0) is 23.6. The van der Waals surface area contributed by atoms with E-state index in [4.69, 9.17) is 5.14 Å². The summed E-state index contributed by atoms with van der Waals surface area (Å²) in [5.74, 6) is 0.0194. The second-order valence-electron chi connectivity index (χ2n) is 8.61. The van der Waals surface area contributed by atoms with Crippen molar-refractivity contribution < 1.29 is 13.2 Å². The first kappa shape index (κ1) is 23.6. The molecule has 1 aliphatic rings. The summed E-state index contributed by atoms with van der Waals surface area (Å²) in [6, 6.07) is 19.3. The van der Waals surface area contributed by atoms with E-state index in [2.05, 4.69) is 36.1 Å². The van der Waals surface area contributed by atoms with Crippen molar-refractivity contribution in [1.82, 2.24) is 4.90 Å². The standard InChI is InChI=1S/C25H29N3O3S2/c1-18-14-21-15-23(33(26,30)31)10-11-24(21)28(18)25(29)17-27(16-22-9-8-19(2)32-22)13-12-20-6-4-3-5-7-20/h3-11,15,18H,12-14,16-17H2,1-2H3,(H2,26,30,31). The zero-order valence-electron chi connectivity index (χ0n) is 18.9. The van der Waals surface area contributed by atoms with Crippen LogP contribution >= 0.6 is 11.3 Å². The number of primary sulfonamides is 1. The molecule has 1 unspecified atom stereocenters. The van der Waals surface area contributed by atoms with Crippen LogP contribution < -0.4 is 10.0 Å². The maximum atomic E-state index is 13.5. The van der Waals surface area contributed by atoms with E-state index >= 15 is 0 Å². The second kappa shape index (κ2) is 9.77. The van der Waals surface area contributed by atoms with E-state index in [1.165, 1.54) is 21.4 Å². The van der Waals surface area contributed by atoms with Crippen LogP contribution in [-0.4, -0.2) is 38.4 Å². The fourth-order valence-electron chi connectivity index (χ4n) is 4.37. The molecular formula is C25H29N3O3S2. The summed E-state index contributed by atoms with van der Waals surface area (Å²) in [6.45, 7) is 5.87. The van der Waals surface area contributed by atoms with E-state index in [1.54, 1.807) is 28.4 Å². The smallest absolute Gasteiger partial charge is 0.241 e. The van der Waals surface area contributed by atoms with Gasteiger partial charge >= 0.3 is 0 Å². The predicted molar refractivity (Wildman–Crippen MR) is 133 cm³/mol. The van der Waals surface area contributed by atoms with Gasteiger partial charge in [-0.05, 0) is 68.1 Å². The van der Waals surface area contributed by atoms with Crippen molar-refractivity contribution in [2.75, 3.05) is 18.0 Å². The average Bonchev–Trinajstić information content (AvgIpc) is 3.33. The third-order valence-electron chi connectivity index (χ3n) is 5.96. The zero-order valence-corrected chi connectivity index (χ0v) is 20.5. The van der Waals surface area contributed by atoms with E-state index in [1.807, 2.05) is 25.1 Å². The molecule has 8 heteroatoms. The number of carbonyl (C=O) groups is 1. The molecule has 0 fully saturated rings. The number of anilines is 1. The Labute approximate surface area is 199 Å². The van der Waals surface area contributed by atoms with Crippen molar-refractivity contribution in [3.8, 4) is 0 Å².